The number of rotatable bonds is 0. The quantitative estimate of drug-likeness (QED) is 0.469. The minimum Gasteiger partial charge on any atom is -0.481 e. The van der Waals surface area contributed by atoms with E-state index in [1.807, 2.05) is 5.92 Å². The molecule has 0 heterocycles. The van der Waals surface area contributed by atoms with Gasteiger partial charge in [-0.05, 0) is 85.9 Å². The highest BCUT2D eigenvalue weighted by atomic mass is 16.4. The predicted molar refractivity (Wildman–Crippen MR) is 112 cm³/mol. The smallest absolute Gasteiger partial charge is 0.300 e. The minimum atomic E-state index is -0.833. The summed E-state index contributed by atoms with van der Waals surface area (Å²) in [5, 5.41) is 9.66. The van der Waals surface area contributed by atoms with E-state index in [1.165, 1.54) is 45.6 Å². The third kappa shape index (κ3) is 4.99. The number of carbonyl (C=O) groups excluding carboxylic acids is 1. The molecule has 0 aromatic heterocycles. The van der Waals surface area contributed by atoms with Gasteiger partial charge in [0, 0.05) is 14.0 Å². The Hall–Kier alpha value is -1.76. The van der Waals surface area contributed by atoms with E-state index in [1.54, 1.807) is 24.8 Å². The number of hydrogen-bond acceptors (Lipinski definition) is 2. The molecule has 0 aromatic carbocycles. The third-order valence-corrected chi connectivity index (χ3v) is 7.75. The van der Waals surface area contributed by atoms with Crippen LogP contribution in [-0.2, 0) is 9.59 Å². The van der Waals surface area contributed by atoms with Crippen LogP contribution in [0, 0.1) is 47.3 Å². The van der Waals surface area contributed by atoms with Crippen LogP contribution in [-0.4, -0.2) is 24.0 Å². The van der Waals surface area contributed by atoms with Gasteiger partial charge in [-0.3, -0.25) is 9.59 Å². The number of fused-ring (bicyclic) bond motifs is 3. The van der Waals surface area contributed by atoms with Crippen LogP contribution in [0.2, 0.25) is 0 Å². The summed E-state index contributed by atoms with van der Waals surface area (Å²) in [6.07, 6.45) is 18.2. The summed E-state index contributed by atoms with van der Waals surface area (Å²) in [4.78, 5) is 18.8. The highest BCUT2D eigenvalue weighted by Crippen LogP contribution is 2.66. The summed E-state index contributed by atoms with van der Waals surface area (Å²) < 4.78 is 0. The fourth-order valence-corrected chi connectivity index (χ4v) is 6.67. The molecule has 1 amide bonds. The van der Waals surface area contributed by atoms with E-state index in [0.29, 0.717) is 0 Å². The van der Waals surface area contributed by atoms with E-state index in [0.717, 1.165) is 41.9 Å². The number of nitrogens with one attached hydrogen (secondary N) is 1. The molecule has 0 radical (unpaired) electrons. The molecular weight excluding hydrogens is 350 g/mol. The van der Waals surface area contributed by atoms with Gasteiger partial charge in [-0.2, -0.15) is 0 Å². The molecule has 4 heteroatoms. The van der Waals surface area contributed by atoms with Crippen molar-refractivity contribution < 1.29 is 14.7 Å². The number of carboxylic acids is 1. The second-order valence-corrected chi connectivity index (χ2v) is 9.30. The topological polar surface area (TPSA) is 66.4 Å². The summed E-state index contributed by atoms with van der Waals surface area (Å²) in [7, 11) is 1.49. The number of hydrogen-bond donors (Lipinski definition) is 2. The van der Waals surface area contributed by atoms with Gasteiger partial charge in [0.15, 0.2) is 0 Å². The number of terminal acetylenes is 1. The first-order valence-corrected chi connectivity index (χ1v) is 10.8. The molecule has 0 aliphatic heterocycles. The number of allylic oxidation sites excluding steroid dienone is 1. The standard InChI is InChI=1S/C18H28.C4H5NO.C2H4O2/c1-12-4-3-5-16-15(12)8-9-18-10-13(2)14(11-18)6-7-17(16)18;1-3-4(6)5-2;1-2(3)4/h12,14-17H,2-11H2,1H3;1H,2H3,(H,5,6);1H3,(H,3,4)/t12-,14+,15?,16?,17?,18+;;/m0../s1. The van der Waals surface area contributed by atoms with Crippen molar-refractivity contribution in [1.29, 1.82) is 0 Å². The number of carboxylic acid groups (broad SMARTS) is 1. The van der Waals surface area contributed by atoms with Crippen molar-refractivity contribution in [2.24, 2.45) is 35.0 Å². The van der Waals surface area contributed by atoms with Crippen LogP contribution in [0.15, 0.2) is 12.2 Å². The SMILES string of the molecule is C#CC(=O)NC.C=C1C[C@@]23CCC4C(CCC[C@@H]4C)C2CC[C@@H]1C3.CC(=O)O. The molecule has 28 heavy (non-hydrogen) atoms. The molecule has 0 aromatic rings. The van der Waals surface area contributed by atoms with Gasteiger partial charge in [-0.1, -0.05) is 31.9 Å². The van der Waals surface area contributed by atoms with Crippen molar-refractivity contribution in [3.63, 3.8) is 0 Å². The van der Waals surface area contributed by atoms with Crippen molar-refractivity contribution in [1.82, 2.24) is 5.32 Å². The van der Waals surface area contributed by atoms with Crippen LogP contribution in [0.1, 0.15) is 71.6 Å². The fourth-order valence-electron chi connectivity index (χ4n) is 6.67. The molecule has 4 saturated carbocycles. The van der Waals surface area contributed by atoms with Crippen LogP contribution >= 0.6 is 0 Å². The molecule has 0 saturated heterocycles. The Labute approximate surface area is 170 Å². The molecule has 4 rings (SSSR count). The molecular formula is C24H37NO3. The fraction of sp³-hybridized carbons (Fsp3) is 0.750. The Morgan fingerprint density at radius 2 is 1.89 bits per heavy atom. The zero-order chi connectivity index (χ0) is 20.9. The average molecular weight is 388 g/mol. The van der Waals surface area contributed by atoms with Crippen LogP contribution in [0.25, 0.3) is 0 Å². The number of amides is 1. The summed E-state index contributed by atoms with van der Waals surface area (Å²) in [6.45, 7) is 8.02. The lowest BCUT2D eigenvalue weighted by atomic mass is 9.50. The maximum atomic E-state index is 9.83. The van der Waals surface area contributed by atoms with Gasteiger partial charge >= 0.3 is 0 Å². The van der Waals surface area contributed by atoms with Gasteiger partial charge in [-0.15, -0.1) is 6.42 Å². The first kappa shape index (κ1) is 22.5. The lowest BCUT2D eigenvalue weighted by Crippen LogP contribution is -2.46. The third-order valence-electron chi connectivity index (χ3n) is 7.75. The maximum absolute atomic E-state index is 9.83. The molecule has 4 nitrogen and oxygen atoms in total. The zero-order valence-electron chi connectivity index (χ0n) is 17.8. The van der Waals surface area contributed by atoms with Crippen molar-refractivity contribution in [3.05, 3.63) is 12.2 Å². The second-order valence-electron chi connectivity index (χ2n) is 9.30. The first-order valence-electron chi connectivity index (χ1n) is 10.8. The molecule has 2 bridgehead atoms. The van der Waals surface area contributed by atoms with E-state index in [4.69, 9.17) is 9.90 Å². The van der Waals surface area contributed by atoms with E-state index in [9.17, 15) is 4.79 Å². The minimum absolute atomic E-state index is 0.380. The van der Waals surface area contributed by atoms with Gasteiger partial charge < -0.3 is 10.4 Å². The first-order chi connectivity index (χ1) is 13.2. The van der Waals surface area contributed by atoms with E-state index in [-0.39, 0.29) is 5.91 Å². The Kier molecular flexibility index (Phi) is 7.75. The largest absolute Gasteiger partial charge is 0.481 e. The van der Waals surface area contributed by atoms with Crippen LogP contribution < -0.4 is 5.32 Å². The van der Waals surface area contributed by atoms with Gasteiger partial charge in [-0.25, -0.2) is 0 Å². The molecule has 4 fully saturated rings. The van der Waals surface area contributed by atoms with Gasteiger partial charge in [0.05, 0.1) is 0 Å². The molecule has 4 aliphatic carbocycles. The lowest BCUT2D eigenvalue weighted by molar-refractivity contribution is -0.134. The van der Waals surface area contributed by atoms with Gasteiger partial charge in [0.2, 0.25) is 0 Å². The predicted octanol–water partition coefficient (Wildman–Crippen LogP) is 4.65. The van der Waals surface area contributed by atoms with Gasteiger partial charge in [0.25, 0.3) is 11.9 Å². The molecule has 3 unspecified atom stereocenters. The maximum Gasteiger partial charge on any atom is 0.300 e. The summed E-state index contributed by atoms with van der Waals surface area (Å²) >= 11 is 0. The Bertz CT molecular complexity index is 630. The zero-order valence-corrected chi connectivity index (χ0v) is 17.8. The van der Waals surface area contributed by atoms with Gasteiger partial charge in [0.1, 0.15) is 0 Å². The molecule has 6 atom stereocenters. The number of carbonyl (C=O) groups is 2. The van der Waals surface area contributed by atoms with E-state index < -0.39 is 5.97 Å². The summed E-state index contributed by atoms with van der Waals surface area (Å²) in [6, 6.07) is 0. The molecule has 2 N–H and O–H groups in total. The van der Waals surface area contributed by atoms with Crippen molar-refractivity contribution in [3.8, 4) is 12.3 Å². The number of aliphatic carboxylic acids is 1. The summed E-state index contributed by atoms with van der Waals surface area (Å²) in [5.41, 5.74) is 2.36. The monoisotopic (exact) mass is 387 g/mol. The Balaban J connectivity index is 0.000000237. The summed E-state index contributed by atoms with van der Waals surface area (Å²) in [5.74, 6) is 5.84. The van der Waals surface area contributed by atoms with Crippen LogP contribution in [0.4, 0.5) is 0 Å². The van der Waals surface area contributed by atoms with Crippen molar-refractivity contribution in [2.75, 3.05) is 7.05 Å². The highest BCUT2D eigenvalue weighted by Gasteiger charge is 2.56. The lowest BCUT2D eigenvalue weighted by Gasteiger charge is -2.55. The molecule has 156 valence electrons. The Morgan fingerprint density at radius 1 is 1.21 bits per heavy atom. The molecule has 4 aliphatic rings. The normalized spacial score (nSPS) is 37.5. The Morgan fingerprint density at radius 3 is 2.46 bits per heavy atom. The average Bonchev–Trinajstić information content (AvgIpc) is 2.89. The van der Waals surface area contributed by atoms with E-state index >= 15 is 0 Å². The van der Waals surface area contributed by atoms with E-state index in [2.05, 4.69) is 25.2 Å². The van der Waals surface area contributed by atoms with Crippen molar-refractivity contribution in [2.45, 2.75) is 71.6 Å². The second kappa shape index (κ2) is 9.63. The van der Waals surface area contributed by atoms with Crippen LogP contribution in [0.5, 0.6) is 0 Å². The highest BCUT2D eigenvalue weighted by molar-refractivity contribution is 5.92. The van der Waals surface area contributed by atoms with Crippen LogP contribution in [0.3, 0.4) is 0 Å². The molecule has 1 spiro atoms. The van der Waals surface area contributed by atoms with Crippen molar-refractivity contribution >= 4 is 11.9 Å².